The molecule has 1 aromatic heterocycles. The van der Waals surface area contributed by atoms with Crippen LogP contribution in [-0.2, 0) is 11.3 Å². The fourth-order valence-electron chi connectivity index (χ4n) is 1.40. The summed E-state index contributed by atoms with van der Waals surface area (Å²) in [5.74, 6) is 0.486. The summed E-state index contributed by atoms with van der Waals surface area (Å²) in [4.78, 5) is 11.5. The van der Waals surface area contributed by atoms with Gasteiger partial charge in [-0.2, -0.15) is 5.10 Å². The number of nitrogens with zero attached hydrogens (tertiary/aromatic N) is 2. The predicted octanol–water partition coefficient (Wildman–Crippen LogP) is 2.07. The van der Waals surface area contributed by atoms with Crippen LogP contribution in [0.25, 0.3) is 0 Å². The van der Waals surface area contributed by atoms with Crippen LogP contribution in [-0.4, -0.2) is 22.4 Å². The number of esters is 1. The number of aromatic nitrogens is 2. The van der Waals surface area contributed by atoms with Crippen LogP contribution in [0.4, 0.5) is 0 Å². The van der Waals surface area contributed by atoms with Crippen molar-refractivity contribution in [2.75, 3.05) is 6.61 Å². The van der Waals surface area contributed by atoms with Crippen molar-refractivity contribution < 1.29 is 9.53 Å². The average molecular weight is 320 g/mol. The van der Waals surface area contributed by atoms with Gasteiger partial charge in [0.15, 0.2) is 0 Å². The van der Waals surface area contributed by atoms with Crippen molar-refractivity contribution in [2.24, 2.45) is 5.92 Å². The molecule has 0 bridgehead atoms. The first kappa shape index (κ1) is 10.9. The van der Waals surface area contributed by atoms with E-state index in [1.807, 2.05) is 4.68 Å². The highest BCUT2D eigenvalue weighted by atomic mass is 127. The largest absolute Gasteiger partial charge is 0.462 e. The molecule has 2 rings (SSSR count). The van der Waals surface area contributed by atoms with Gasteiger partial charge in [-0.15, -0.1) is 0 Å². The van der Waals surface area contributed by atoms with Crippen molar-refractivity contribution in [2.45, 2.75) is 26.3 Å². The molecule has 0 atom stereocenters. The molecule has 15 heavy (non-hydrogen) atoms. The SMILES string of the molecule is CCOC(=O)c1cn(CC2CC2)nc1I. The molecular weight excluding hydrogens is 307 g/mol. The van der Waals surface area contributed by atoms with Gasteiger partial charge in [0.05, 0.1) is 6.61 Å². The van der Waals surface area contributed by atoms with E-state index in [0.29, 0.717) is 12.2 Å². The van der Waals surface area contributed by atoms with Crippen molar-refractivity contribution >= 4 is 28.6 Å². The lowest BCUT2D eigenvalue weighted by molar-refractivity contribution is 0.0525. The zero-order valence-electron chi connectivity index (χ0n) is 8.57. The van der Waals surface area contributed by atoms with Gasteiger partial charge in [-0.05, 0) is 48.3 Å². The van der Waals surface area contributed by atoms with Gasteiger partial charge in [-0.3, -0.25) is 4.68 Å². The summed E-state index contributed by atoms with van der Waals surface area (Å²) in [6, 6.07) is 0. The van der Waals surface area contributed by atoms with Gasteiger partial charge in [-0.25, -0.2) is 4.79 Å². The summed E-state index contributed by atoms with van der Waals surface area (Å²) in [5, 5.41) is 4.30. The lowest BCUT2D eigenvalue weighted by Crippen LogP contribution is -2.05. The van der Waals surface area contributed by atoms with Crippen molar-refractivity contribution in [1.82, 2.24) is 9.78 Å². The highest BCUT2D eigenvalue weighted by molar-refractivity contribution is 14.1. The van der Waals surface area contributed by atoms with Gasteiger partial charge in [0.1, 0.15) is 9.26 Å². The molecule has 0 spiro atoms. The second-order valence-electron chi connectivity index (χ2n) is 3.72. The summed E-state index contributed by atoms with van der Waals surface area (Å²) in [7, 11) is 0. The first-order chi connectivity index (χ1) is 7.20. The van der Waals surface area contributed by atoms with Crippen LogP contribution in [0.1, 0.15) is 30.1 Å². The Bertz CT molecular complexity index is 371. The zero-order valence-corrected chi connectivity index (χ0v) is 10.7. The molecule has 0 aromatic carbocycles. The summed E-state index contributed by atoms with van der Waals surface area (Å²) < 4.78 is 7.53. The number of carbonyl (C=O) groups is 1. The van der Waals surface area contributed by atoms with Gasteiger partial charge in [0.2, 0.25) is 0 Å². The van der Waals surface area contributed by atoms with Gasteiger partial charge in [0.25, 0.3) is 0 Å². The van der Waals surface area contributed by atoms with E-state index in [1.165, 1.54) is 12.8 Å². The van der Waals surface area contributed by atoms with Crippen molar-refractivity contribution in [1.29, 1.82) is 0 Å². The molecule has 4 nitrogen and oxygen atoms in total. The highest BCUT2D eigenvalue weighted by Crippen LogP contribution is 2.30. The Morgan fingerprint density at radius 2 is 2.47 bits per heavy atom. The average Bonchev–Trinajstić information content (AvgIpc) is 2.90. The number of hydrogen-bond acceptors (Lipinski definition) is 3. The minimum absolute atomic E-state index is 0.274. The molecule has 1 heterocycles. The van der Waals surface area contributed by atoms with E-state index < -0.39 is 0 Å². The Kier molecular flexibility index (Phi) is 3.28. The molecule has 82 valence electrons. The van der Waals surface area contributed by atoms with Crippen molar-refractivity contribution in [3.8, 4) is 0 Å². The second kappa shape index (κ2) is 4.51. The lowest BCUT2D eigenvalue weighted by atomic mass is 10.4. The molecule has 1 aliphatic carbocycles. The van der Waals surface area contributed by atoms with E-state index in [0.717, 1.165) is 16.2 Å². The molecule has 0 unspecified atom stereocenters. The minimum atomic E-state index is -0.274. The topological polar surface area (TPSA) is 44.1 Å². The molecule has 1 fully saturated rings. The maximum Gasteiger partial charge on any atom is 0.342 e. The van der Waals surface area contributed by atoms with Crippen molar-refractivity contribution in [3.05, 3.63) is 15.5 Å². The summed E-state index contributed by atoms with van der Waals surface area (Å²) >= 11 is 2.07. The molecule has 0 amide bonds. The third-order valence-electron chi connectivity index (χ3n) is 2.35. The van der Waals surface area contributed by atoms with Crippen LogP contribution in [0, 0.1) is 9.62 Å². The Hall–Kier alpha value is -0.590. The maximum absolute atomic E-state index is 11.5. The first-order valence-corrected chi connectivity index (χ1v) is 6.18. The quantitative estimate of drug-likeness (QED) is 0.630. The standard InChI is InChI=1S/C10H13IN2O2/c1-2-15-10(14)8-6-13(12-9(8)11)5-7-3-4-7/h6-7H,2-5H2,1H3. The number of rotatable bonds is 4. The molecule has 0 radical (unpaired) electrons. The molecule has 0 N–H and O–H groups in total. The van der Waals surface area contributed by atoms with Crippen LogP contribution < -0.4 is 0 Å². The fraction of sp³-hybridized carbons (Fsp3) is 0.600. The van der Waals surface area contributed by atoms with Crippen LogP contribution in [0.15, 0.2) is 6.20 Å². The summed E-state index contributed by atoms with van der Waals surface area (Å²) in [6.45, 7) is 3.14. The predicted molar refractivity (Wildman–Crippen MR) is 63.6 cm³/mol. The van der Waals surface area contributed by atoms with Crippen molar-refractivity contribution in [3.63, 3.8) is 0 Å². The zero-order chi connectivity index (χ0) is 10.8. The third-order valence-corrected chi connectivity index (χ3v) is 3.15. The molecule has 0 aliphatic heterocycles. The second-order valence-corrected chi connectivity index (χ2v) is 4.74. The Morgan fingerprint density at radius 3 is 3.07 bits per heavy atom. The highest BCUT2D eigenvalue weighted by Gasteiger charge is 2.23. The Labute approximate surface area is 102 Å². The first-order valence-electron chi connectivity index (χ1n) is 5.10. The van der Waals surface area contributed by atoms with Crippen LogP contribution >= 0.6 is 22.6 Å². The number of ether oxygens (including phenoxy) is 1. The normalized spacial score (nSPS) is 15.3. The Morgan fingerprint density at radius 1 is 1.73 bits per heavy atom. The molecule has 1 aromatic rings. The fourth-order valence-corrected chi connectivity index (χ4v) is 2.04. The minimum Gasteiger partial charge on any atom is -0.462 e. The van der Waals surface area contributed by atoms with E-state index >= 15 is 0 Å². The van der Waals surface area contributed by atoms with E-state index in [4.69, 9.17) is 4.74 Å². The third kappa shape index (κ3) is 2.70. The molecule has 5 heteroatoms. The lowest BCUT2D eigenvalue weighted by Gasteiger charge is -1.98. The van der Waals surface area contributed by atoms with Crippen LogP contribution in [0.2, 0.25) is 0 Å². The summed E-state index contributed by atoms with van der Waals surface area (Å²) in [5.41, 5.74) is 0.582. The van der Waals surface area contributed by atoms with Gasteiger partial charge < -0.3 is 4.74 Å². The van der Waals surface area contributed by atoms with Gasteiger partial charge >= 0.3 is 5.97 Å². The van der Waals surface area contributed by atoms with E-state index in [-0.39, 0.29) is 5.97 Å². The van der Waals surface area contributed by atoms with E-state index in [1.54, 1.807) is 13.1 Å². The van der Waals surface area contributed by atoms with Crippen LogP contribution in [0.5, 0.6) is 0 Å². The number of halogens is 1. The van der Waals surface area contributed by atoms with Gasteiger partial charge in [0, 0.05) is 12.7 Å². The van der Waals surface area contributed by atoms with Crippen LogP contribution in [0.3, 0.4) is 0 Å². The number of carbonyl (C=O) groups excluding carboxylic acids is 1. The smallest absolute Gasteiger partial charge is 0.342 e. The van der Waals surface area contributed by atoms with E-state index in [2.05, 4.69) is 27.7 Å². The maximum atomic E-state index is 11.5. The molecular formula is C10H13IN2O2. The van der Waals surface area contributed by atoms with E-state index in [9.17, 15) is 4.79 Å². The monoisotopic (exact) mass is 320 g/mol. The summed E-state index contributed by atoms with van der Waals surface area (Å²) in [6.07, 6.45) is 4.36. The molecule has 1 aliphatic rings. The number of hydrogen-bond donors (Lipinski definition) is 0. The molecule has 0 saturated heterocycles. The Balaban J connectivity index is 2.09. The molecule has 1 saturated carbocycles. The van der Waals surface area contributed by atoms with Gasteiger partial charge in [-0.1, -0.05) is 0 Å².